The van der Waals surface area contributed by atoms with Crippen molar-refractivity contribution in [1.82, 2.24) is 9.55 Å². The van der Waals surface area contributed by atoms with E-state index < -0.39 is 6.36 Å². The van der Waals surface area contributed by atoms with Crippen LogP contribution in [0.3, 0.4) is 0 Å². The molecule has 3 rings (SSSR count). The van der Waals surface area contributed by atoms with Crippen molar-refractivity contribution in [2.45, 2.75) is 32.5 Å². The highest BCUT2D eigenvalue weighted by molar-refractivity contribution is 5.82. The van der Waals surface area contributed by atoms with Gasteiger partial charge in [-0.1, -0.05) is 39.0 Å². The third-order valence-electron chi connectivity index (χ3n) is 4.21. The number of alkyl halides is 3. The van der Waals surface area contributed by atoms with Gasteiger partial charge in [0.05, 0.1) is 11.0 Å². The number of aryl methyl sites for hydroxylation is 1. The Morgan fingerprint density at radius 2 is 1.56 bits per heavy atom. The van der Waals surface area contributed by atoms with Crippen LogP contribution in [0.2, 0.25) is 0 Å². The van der Waals surface area contributed by atoms with Gasteiger partial charge in [-0.2, -0.15) is 0 Å². The summed E-state index contributed by atoms with van der Waals surface area (Å²) in [6, 6.07) is 11.0. The van der Waals surface area contributed by atoms with Crippen molar-refractivity contribution in [3.05, 3.63) is 58.5 Å². The molecule has 2 aromatic carbocycles. The number of rotatable bonds is 2. The first-order chi connectivity index (χ1) is 12.5. The molecule has 0 fully saturated rings. The maximum atomic E-state index is 12.6. The number of aromatic nitrogens is 2. The number of benzene rings is 2. The van der Waals surface area contributed by atoms with E-state index in [1.807, 2.05) is 26.8 Å². The summed E-state index contributed by atoms with van der Waals surface area (Å²) in [5, 5.41) is 0. The van der Waals surface area contributed by atoms with E-state index in [0.717, 1.165) is 5.56 Å². The second kappa shape index (κ2) is 6.40. The van der Waals surface area contributed by atoms with Crippen molar-refractivity contribution in [3.63, 3.8) is 0 Å². The lowest BCUT2D eigenvalue weighted by molar-refractivity contribution is -0.274. The Morgan fingerprint density at radius 1 is 0.963 bits per heavy atom. The van der Waals surface area contributed by atoms with Crippen molar-refractivity contribution >= 4 is 11.0 Å². The van der Waals surface area contributed by atoms with Gasteiger partial charge in [0, 0.05) is 12.5 Å². The zero-order valence-electron chi connectivity index (χ0n) is 15.4. The highest BCUT2D eigenvalue weighted by Gasteiger charge is 2.31. The van der Waals surface area contributed by atoms with Gasteiger partial charge in [0.1, 0.15) is 11.4 Å². The average Bonchev–Trinajstić information content (AvgIpc) is 2.56. The summed E-state index contributed by atoms with van der Waals surface area (Å²) in [5.74, 6) is -0.282. The molecule has 0 aliphatic carbocycles. The van der Waals surface area contributed by atoms with Gasteiger partial charge in [-0.15, -0.1) is 13.2 Å². The SMILES string of the molecule is Cn1c(=O)c(C(C)(C)C)nc2ccc(-c3ccc(OC(F)(F)F)cc3)cc21. The summed E-state index contributed by atoms with van der Waals surface area (Å²) in [7, 11) is 1.69. The smallest absolute Gasteiger partial charge is 0.406 e. The molecule has 0 aliphatic rings. The summed E-state index contributed by atoms with van der Waals surface area (Å²) in [4.78, 5) is 17.1. The van der Waals surface area contributed by atoms with Gasteiger partial charge in [0.25, 0.3) is 5.56 Å². The molecular formula is C20H19F3N2O2. The highest BCUT2D eigenvalue weighted by atomic mass is 19.4. The predicted molar refractivity (Wildman–Crippen MR) is 97.8 cm³/mol. The molecule has 0 spiro atoms. The Balaban J connectivity index is 2.05. The van der Waals surface area contributed by atoms with Gasteiger partial charge in [-0.25, -0.2) is 4.98 Å². The maximum Gasteiger partial charge on any atom is 0.573 e. The van der Waals surface area contributed by atoms with Gasteiger partial charge in [0.15, 0.2) is 0 Å². The first kappa shape index (κ1) is 18.9. The molecule has 27 heavy (non-hydrogen) atoms. The number of halogens is 3. The van der Waals surface area contributed by atoms with Crippen LogP contribution in [0.25, 0.3) is 22.2 Å². The van der Waals surface area contributed by atoms with Crippen LogP contribution in [0, 0.1) is 0 Å². The van der Waals surface area contributed by atoms with E-state index in [1.54, 1.807) is 23.7 Å². The van der Waals surface area contributed by atoms with Crippen LogP contribution in [0.1, 0.15) is 26.5 Å². The number of nitrogens with zero attached hydrogens (tertiary/aromatic N) is 2. The fraction of sp³-hybridized carbons (Fsp3) is 0.300. The van der Waals surface area contributed by atoms with Gasteiger partial charge in [-0.05, 0) is 35.4 Å². The Labute approximate surface area is 154 Å². The number of ether oxygens (including phenoxy) is 1. The lowest BCUT2D eigenvalue weighted by Gasteiger charge is -2.19. The van der Waals surface area contributed by atoms with E-state index in [0.29, 0.717) is 22.3 Å². The third-order valence-corrected chi connectivity index (χ3v) is 4.21. The lowest BCUT2D eigenvalue weighted by Crippen LogP contribution is -2.31. The van der Waals surface area contributed by atoms with Crippen LogP contribution < -0.4 is 10.3 Å². The molecular weight excluding hydrogens is 357 g/mol. The molecule has 0 amide bonds. The fourth-order valence-electron chi connectivity index (χ4n) is 2.84. The number of hydrogen-bond donors (Lipinski definition) is 0. The van der Waals surface area contributed by atoms with E-state index >= 15 is 0 Å². The summed E-state index contributed by atoms with van der Waals surface area (Å²) in [6.07, 6.45) is -4.72. The minimum Gasteiger partial charge on any atom is -0.406 e. The monoisotopic (exact) mass is 376 g/mol. The normalized spacial score (nSPS) is 12.4. The Morgan fingerprint density at radius 3 is 2.11 bits per heavy atom. The molecule has 0 saturated carbocycles. The summed E-state index contributed by atoms with van der Waals surface area (Å²) >= 11 is 0. The second-order valence-corrected chi connectivity index (χ2v) is 7.35. The van der Waals surface area contributed by atoms with Crippen molar-refractivity contribution in [2.24, 2.45) is 7.05 Å². The number of fused-ring (bicyclic) bond motifs is 1. The molecule has 3 aromatic rings. The van der Waals surface area contributed by atoms with Crippen LogP contribution in [-0.2, 0) is 12.5 Å². The maximum absolute atomic E-state index is 12.6. The van der Waals surface area contributed by atoms with Crippen molar-refractivity contribution < 1.29 is 17.9 Å². The topological polar surface area (TPSA) is 44.1 Å². The highest BCUT2D eigenvalue weighted by Crippen LogP contribution is 2.28. The summed E-state index contributed by atoms with van der Waals surface area (Å²) < 4.78 is 42.3. The van der Waals surface area contributed by atoms with Gasteiger partial charge >= 0.3 is 6.36 Å². The van der Waals surface area contributed by atoms with Gasteiger partial charge < -0.3 is 9.30 Å². The van der Waals surface area contributed by atoms with E-state index in [9.17, 15) is 18.0 Å². The lowest BCUT2D eigenvalue weighted by atomic mass is 9.92. The standard InChI is InChI=1S/C20H19F3N2O2/c1-19(2,3)17-18(26)25(4)16-11-13(7-10-15(16)24-17)12-5-8-14(9-6-12)27-20(21,22)23/h5-11H,1-4H3. The van der Waals surface area contributed by atoms with Crippen molar-refractivity contribution in [3.8, 4) is 16.9 Å². The molecule has 1 heterocycles. The molecule has 142 valence electrons. The molecule has 1 aromatic heterocycles. The Hall–Kier alpha value is -2.83. The molecule has 7 heteroatoms. The first-order valence-electron chi connectivity index (χ1n) is 8.33. The van der Waals surface area contributed by atoms with Crippen molar-refractivity contribution in [1.29, 1.82) is 0 Å². The van der Waals surface area contributed by atoms with Crippen LogP contribution in [0.5, 0.6) is 5.75 Å². The molecule has 0 N–H and O–H groups in total. The van der Waals surface area contributed by atoms with E-state index in [1.165, 1.54) is 24.3 Å². The minimum atomic E-state index is -4.72. The largest absolute Gasteiger partial charge is 0.573 e. The zero-order valence-corrected chi connectivity index (χ0v) is 15.4. The summed E-state index contributed by atoms with van der Waals surface area (Å²) in [6.45, 7) is 5.80. The average molecular weight is 376 g/mol. The quantitative estimate of drug-likeness (QED) is 0.646. The third kappa shape index (κ3) is 3.97. The molecule has 0 atom stereocenters. The molecule has 0 bridgehead atoms. The van der Waals surface area contributed by atoms with E-state index in [-0.39, 0.29) is 16.7 Å². The van der Waals surface area contributed by atoms with Crippen LogP contribution in [-0.4, -0.2) is 15.9 Å². The minimum absolute atomic E-state index is 0.166. The van der Waals surface area contributed by atoms with Gasteiger partial charge in [0.2, 0.25) is 0 Å². The predicted octanol–water partition coefficient (Wildman–Crippen LogP) is 4.80. The number of hydrogen-bond acceptors (Lipinski definition) is 3. The molecule has 0 radical (unpaired) electrons. The molecule has 4 nitrogen and oxygen atoms in total. The van der Waals surface area contributed by atoms with Crippen LogP contribution in [0.4, 0.5) is 13.2 Å². The molecule has 0 saturated heterocycles. The van der Waals surface area contributed by atoms with Gasteiger partial charge in [-0.3, -0.25) is 4.79 Å². The van der Waals surface area contributed by atoms with Crippen molar-refractivity contribution in [2.75, 3.05) is 0 Å². The van der Waals surface area contributed by atoms with E-state index in [4.69, 9.17) is 0 Å². The fourth-order valence-corrected chi connectivity index (χ4v) is 2.84. The second-order valence-electron chi connectivity index (χ2n) is 7.35. The van der Waals surface area contributed by atoms with Crippen LogP contribution in [0.15, 0.2) is 47.3 Å². The molecule has 0 aliphatic heterocycles. The Kier molecular flexibility index (Phi) is 4.49. The summed E-state index contributed by atoms with van der Waals surface area (Å²) in [5.41, 5.74) is 2.75. The van der Waals surface area contributed by atoms with Crippen LogP contribution >= 0.6 is 0 Å². The first-order valence-corrected chi connectivity index (χ1v) is 8.33. The Bertz CT molecular complexity index is 1050. The van der Waals surface area contributed by atoms with E-state index in [2.05, 4.69) is 9.72 Å². The zero-order chi connectivity index (χ0) is 20.0. The molecule has 0 unspecified atom stereocenters.